The normalized spacial score (nSPS) is 11.2. The average Bonchev–Trinajstić information content (AvgIpc) is 2.66. The Morgan fingerprint density at radius 3 is 2.33 bits per heavy atom. The lowest BCUT2D eigenvalue weighted by Gasteiger charge is -2.15. The van der Waals surface area contributed by atoms with Gasteiger partial charge in [-0.1, -0.05) is 24.3 Å². The number of nitrogens with one attached hydrogen (secondary N) is 1. The minimum Gasteiger partial charge on any atom is -0.495 e. The Hall–Kier alpha value is -3.55. The minimum atomic E-state index is -1.06. The predicted molar refractivity (Wildman–Crippen MR) is 97.6 cm³/mol. The molecule has 0 aromatic heterocycles. The summed E-state index contributed by atoms with van der Waals surface area (Å²) in [5, 5.41) is 2.62. The molecule has 0 bridgehead atoms. The quantitative estimate of drug-likeness (QED) is 0.682. The lowest BCUT2D eigenvalue weighted by atomic mass is 10.2. The standard InChI is InChI=1S/C19H20N2O6/c1-12(19(24)21-14-8-4-6-10-16(14)25-2)27-17(22)11-26-15-9-5-3-7-13(15)18(20)23/h3-10,12H,11H2,1-2H3,(H2,20,23)(H,21,24)/t12-/m0/s1. The molecule has 142 valence electrons. The Labute approximate surface area is 156 Å². The smallest absolute Gasteiger partial charge is 0.344 e. The molecule has 2 amide bonds. The van der Waals surface area contributed by atoms with Crippen LogP contribution < -0.4 is 20.5 Å². The van der Waals surface area contributed by atoms with Crippen LogP contribution in [0.25, 0.3) is 0 Å². The summed E-state index contributed by atoms with van der Waals surface area (Å²) < 4.78 is 15.5. The first kappa shape index (κ1) is 19.8. The van der Waals surface area contributed by atoms with Crippen LogP contribution in [0.3, 0.4) is 0 Å². The summed E-state index contributed by atoms with van der Waals surface area (Å²) >= 11 is 0. The Bertz CT molecular complexity index is 836. The third-order valence-corrected chi connectivity index (χ3v) is 3.54. The molecule has 0 radical (unpaired) electrons. The van der Waals surface area contributed by atoms with E-state index in [4.69, 9.17) is 19.9 Å². The molecule has 1 atom stereocenters. The van der Waals surface area contributed by atoms with E-state index >= 15 is 0 Å². The van der Waals surface area contributed by atoms with E-state index < -0.39 is 30.5 Å². The Kier molecular flexibility index (Phi) is 6.76. The second-order valence-corrected chi connectivity index (χ2v) is 5.47. The largest absolute Gasteiger partial charge is 0.495 e. The van der Waals surface area contributed by atoms with E-state index in [0.29, 0.717) is 11.4 Å². The summed E-state index contributed by atoms with van der Waals surface area (Å²) in [5.74, 6) is -1.32. The molecule has 0 aliphatic rings. The van der Waals surface area contributed by atoms with Crippen molar-refractivity contribution in [2.24, 2.45) is 5.73 Å². The maximum Gasteiger partial charge on any atom is 0.344 e. The van der Waals surface area contributed by atoms with Crippen molar-refractivity contribution in [3.05, 3.63) is 54.1 Å². The lowest BCUT2D eigenvalue weighted by Crippen LogP contribution is -2.32. The number of methoxy groups -OCH3 is 1. The summed E-state index contributed by atoms with van der Waals surface area (Å²) in [6, 6.07) is 13.1. The number of ether oxygens (including phenoxy) is 3. The van der Waals surface area contributed by atoms with Gasteiger partial charge in [-0.05, 0) is 31.2 Å². The third kappa shape index (κ3) is 5.46. The number of rotatable bonds is 8. The van der Waals surface area contributed by atoms with Crippen molar-refractivity contribution in [2.45, 2.75) is 13.0 Å². The Morgan fingerprint density at radius 1 is 1.04 bits per heavy atom. The zero-order valence-electron chi connectivity index (χ0n) is 14.9. The van der Waals surface area contributed by atoms with E-state index in [2.05, 4.69) is 5.32 Å². The van der Waals surface area contributed by atoms with Crippen molar-refractivity contribution in [3.8, 4) is 11.5 Å². The highest BCUT2D eigenvalue weighted by molar-refractivity contribution is 5.97. The van der Waals surface area contributed by atoms with Crippen LogP contribution in [-0.2, 0) is 14.3 Å². The highest BCUT2D eigenvalue weighted by atomic mass is 16.6. The predicted octanol–water partition coefficient (Wildman–Crippen LogP) is 1.74. The number of amides is 2. The van der Waals surface area contributed by atoms with E-state index in [1.165, 1.54) is 26.2 Å². The molecule has 0 unspecified atom stereocenters. The van der Waals surface area contributed by atoms with Crippen LogP contribution in [0.2, 0.25) is 0 Å². The highest BCUT2D eigenvalue weighted by Gasteiger charge is 2.20. The number of hydrogen-bond acceptors (Lipinski definition) is 6. The molecule has 2 aromatic rings. The van der Waals surface area contributed by atoms with Crippen LogP contribution in [0.4, 0.5) is 5.69 Å². The van der Waals surface area contributed by atoms with Gasteiger partial charge in [0.1, 0.15) is 11.5 Å². The van der Waals surface area contributed by atoms with Gasteiger partial charge in [0.25, 0.3) is 11.8 Å². The highest BCUT2D eigenvalue weighted by Crippen LogP contribution is 2.23. The first-order valence-corrected chi connectivity index (χ1v) is 8.07. The summed E-state index contributed by atoms with van der Waals surface area (Å²) in [4.78, 5) is 35.4. The van der Waals surface area contributed by atoms with Gasteiger partial charge in [-0.2, -0.15) is 0 Å². The van der Waals surface area contributed by atoms with Crippen molar-refractivity contribution in [1.29, 1.82) is 0 Å². The summed E-state index contributed by atoms with van der Waals surface area (Å²) in [6.07, 6.45) is -1.06. The molecule has 8 heteroatoms. The second-order valence-electron chi connectivity index (χ2n) is 5.47. The summed E-state index contributed by atoms with van der Waals surface area (Å²) in [5.41, 5.74) is 5.84. The molecule has 2 aromatic carbocycles. The van der Waals surface area contributed by atoms with Crippen molar-refractivity contribution in [1.82, 2.24) is 0 Å². The number of benzene rings is 2. The zero-order valence-corrected chi connectivity index (χ0v) is 14.9. The van der Waals surface area contributed by atoms with Gasteiger partial charge in [-0.3, -0.25) is 9.59 Å². The molecule has 3 N–H and O–H groups in total. The molecular weight excluding hydrogens is 352 g/mol. The van der Waals surface area contributed by atoms with Gasteiger partial charge in [0, 0.05) is 0 Å². The van der Waals surface area contributed by atoms with Gasteiger partial charge in [-0.25, -0.2) is 4.79 Å². The number of hydrogen-bond donors (Lipinski definition) is 2. The van der Waals surface area contributed by atoms with Crippen molar-refractivity contribution in [2.75, 3.05) is 19.0 Å². The number of nitrogens with two attached hydrogens (primary N) is 1. The molecule has 0 fully saturated rings. The number of esters is 1. The first-order valence-electron chi connectivity index (χ1n) is 8.07. The van der Waals surface area contributed by atoms with Crippen LogP contribution in [0.1, 0.15) is 17.3 Å². The fourth-order valence-corrected chi connectivity index (χ4v) is 2.20. The van der Waals surface area contributed by atoms with Gasteiger partial charge in [0.15, 0.2) is 12.7 Å². The number of anilines is 1. The van der Waals surface area contributed by atoms with Crippen molar-refractivity contribution < 1.29 is 28.6 Å². The number of carbonyl (C=O) groups excluding carboxylic acids is 3. The lowest BCUT2D eigenvalue weighted by molar-refractivity contribution is -0.155. The fourth-order valence-electron chi connectivity index (χ4n) is 2.20. The van der Waals surface area contributed by atoms with E-state index in [9.17, 15) is 14.4 Å². The fraction of sp³-hybridized carbons (Fsp3) is 0.211. The van der Waals surface area contributed by atoms with Crippen molar-refractivity contribution in [3.63, 3.8) is 0 Å². The van der Waals surface area contributed by atoms with Crippen LogP contribution in [0.5, 0.6) is 11.5 Å². The van der Waals surface area contributed by atoms with Gasteiger partial charge in [0.05, 0.1) is 18.4 Å². The summed E-state index contributed by atoms with van der Waals surface area (Å²) in [7, 11) is 1.48. The number of primary amides is 1. The molecule has 0 saturated carbocycles. The third-order valence-electron chi connectivity index (χ3n) is 3.54. The molecular formula is C19H20N2O6. The molecule has 27 heavy (non-hydrogen) atoms. The van der Waals surface area contributed by atoms with E-state index in [-0.39, 0.29) is 11.3 Å². The number of carbonyl (C=O) groups is 3. The second kappa shape index (κ2) is 9.23. The topological polar surface area (TPSA) is 117 Å². The zero-order chi connectivity index (χ0) is 19.8. The SMILES string of the molecule is COc1ccccc1NC(=O)[C@H](C)OC(=O)COc1ccccc1C(N)=O. The molecule has 8 nitrogen and oxygen atoms in total. The summed E-state index contributed by atoms with van der Waals surface area (Å²) in [6.45, 7) is 0.955. The molecule has 0 spiro atoms. The van der Waals surface area contributed by atoms with Gasteiger partial charge in [-0.15, -0.1) is 0 Å². The van der Waals surface area contributed by atoms with E-state index in [1.54, 1.807) is 36.4 Å². The molecule has 0 heterocycles. The van der Waals surface area contributed by atoms with Gasteiger partial charge in [0.2, 0.25) is 0 Å². The minimum absolute atomic E-state index is 0.146. The number of para-hydroxylation sites is 3. The Balaban J connectivity index is 1.90. The molecule has 0 aliphatic heterocycles. The monoisotopic (exact) mass is 372 g/mol. The van der Waals surface area contributed by atoms with Gasteiger partial charge >= 0.3 is 5.97 Å². The van der Waals surface area contributed by atoms with Crippen LogP contribution >= 0.6 is 0 Å². The first-order chi connectivity index (χ1) is 12.9. The molecule has 0 saturated heterocycles. The maximum atomic E-state index is 12.2. The van der Waals surface area contributed by atoms with Crippen molar-refractivity contribution >= 4 is 23.5 Å². The van der Waals surface area contributed by atoms with Gasteiger partial charge < -0.3 is 25.3 Å². The molecule has 0 aliphatic carbocycles. The van der Waals surface area contributed by atoms with E-state index in [1.807, 2.05) is 0 Å². The Morgan fingerprint density at radius 2 is 1.67 bits per heavy atom. The molecule has 2 rings (SSSR count). The maximum absolute atomic E-state index is 12.2. The van der Waals surface area contributed by atoms with E-state index in [0.717, 1.165) is 0 Å². The van der Waals surface area contributed by atoms with Crippen LogP contribution in [0.15, 0.2) is 48.5 Å². The van der Waals surface area contributed by atoms with Crippen LogP contribution in [0, 0.1) is 0 Å². The van der Waals surface area contributed by atoms with Crippen LogP contribution in [-0.4, -0.2) is 37.6 Å². The average molecular weight is 372 g/mol.